The summed E-state index contributed by atoms with van der Waals surface area (Å²) in [5, 5.41) is 7.47. The number of pyridine rings is 1. The van der Waals surface area contributed by atoms with Crippen molar-refractivity contribution in [2.45, 2.75) is 31.7 Å². The first-order chi connectivity index (χ1) is 8.83. The van der Waals surface area contributed by atoms with E-state index in [9.17, 15) is 0 Å². The Morgan fingerprint density at radius 3 is 2.84 bits per heavy atom. The highest BCUT2D eigenvalue weighted by atomic mass is 35.5. The van der Waals surface area contributed by atoms with E-state index in [1.165, 1.54) is 0 Å². The molecule has 5 nitrogen and oxygen atoms in total. The number of aromatic nitrogens is 3. The van der Waals surface area contributed by atoms with Gasteiger partial charge in [0.05, 0.1) is 0 Å². The summed E-state index contributed by atoms with van der Waals surface area (Å²) in [6, 6.07) is 4.29. The number of halogens is 1. The average Bonchev–Trinajstić information content (AvgIpc) is 2.89. The van der Waals surface area contributed by atoms with Crippen LogP contribution >= 0.6 is 12.4 Å². The van der Waals surface area contributed by atoms with Crippen LogP contribution in [0.4, 0.5) is 0 Å². The lowest BCUT2D eigenvalue weighted by atomic mass is 9.93. The normalized spacial score (nSPS) is 22.8. The van der Waals surface area contributed by atoms with Gasteiger partial charge in [0.25, 0.3) is 0 Å². The van der Waals surface area contributed by atoms with Crippen LogP contribution in [0.3, 0.4) is 0 Å². The topological polar surface area (TPSA) is 63.8 Å². The van der Waals surface area contributed by atoms with E-state index in [2.05, 4.69) is 27.4 Å². The number of nitrogens with one attached hydrogen (secondary N) is 1. The third kappa shape index (κ3) is 3.11. The van der Waals surface area contributed by atoms with Crippen molar-refractivity contribution in [3.63, 3.8) is 0 Å². The molecule has 0 radical (unpaired) electrons. The van der Waals surface area contributed by atoms with Crippen LogP contribution in [0.2, 0.25) is 0 Å². The molecule has 102 valence electrons. The first-order valence-corrected chi connectivity index (χ1v) is 6.30. The predicted octanol–water partition coefficient (Wildman–Crippen LogP) is 2.41. The van der Waals surface area contributed by atoms with E-state index >= 15 is 0 Å². The highest BCUT2D eigenvalue weighted by Gasteiger charge is 2.25. The molecule has 1 aliphatic rings. The lowest BCUT2D eigenvalue weighted by Gasteiger charge is -2.25. The maximum Gasteiger partial charge on any atom is 0.230 e. The molecule has 1 N–H and O–H groups in total. The van der Waals surface area contributed by atoms with Crippen molar-refractivity contribution in [3.8, 4) is 11.4 Å². The molecule has 1 aliphatic heterocycles. The molecule has 2 atom stereocenters. The molecule has 0 amide bonds. The van der Waals surface area contributed by atoms with Gasteiger partial charge in [0.1, 0.15) is 0 Å². The van der Waals surface area contributed by atoms with Crippen LogP contribution in [0.1, 0.15) is 31.6 Å². The molecule has 2 aromatic rings. The molecular weight excluding hydrogens is 264 g/mol. The van der Waals surface area contributed by atoms with Gasteiger partial charge in [0.2, 0.25) is 11.7 Å². The molecule has 0 aliphatic carbocycles. The van der Waals surface area contributed by atoms with E-state index < -0.39 is 0 Å². The summed E-state index contributed by atoms with van der Waals surface area (Å²) in [4.78, 5) is 8.49. The van der Waals surface area contributed by atoms with Crippen LogP contribution in [0, 0.1) is 0 Å². The molecule has 6 heteroatoms. The smallest absolute Gasteiger partial charge is 0.230 e. The van der Waals surface area contributed by atoms with E-state index in [4.69, 9.17) is 4.52 Å². The van der Waals surface area contributed by atoms with Crippen molar-refractivity contribution in [1.82, 2.24) is 20.4 Å². The molecule has 0 spiro atoms. The first-order valence-electron chi connectivity index (χ1n) is 6.30. The Balaban J connectivity index is 0.00000133. The average molecular weight is 281 g/mol. The predicted molar refractivity (Wildman–Crippen MR) is 74.2 cm³/mol. The van der Waals surface area contributed by atoms with E-state index in [1.54, 1.807) is 12.4 Å². The van der Waals surface area contributed by atoms with Crippen LogP contribution < -0.4 is 5.32 Å². The van der Waals surface area contributed by atoms with Gasteiger partial charge in [-0.1, -0.05) is 5.16 Å². The van der Waals surface area contributed by atoms with E-state index in [0.29, 0.717) is 17.8 Å². The third-order valence-electron chi connectivity index (χ3n) is 3.35. The summed E-state index contributed by atoms with van der Waals surface area (Å²) in [6.45, 7) is 3.20. The second-order valence-electron chi connectivity index (χ2n) is 4.77. The Morgan fingerprint density at radius 1 is 1.32 bits per heavy atom. The fraction of sp³-hybridized carbons (Fsp3) is 0.462. The summed E-state index contributed by atoms with van der Waals surface area (Å²) >= 11 is 0. The molecule has 0 aromatic carbocycles. The fourth-order valence-corrected chi connectivity index (χ4v) is 2.38. The number of hydrogen-bond donors (Lipinski definition) is 1. The second-order valence-corrected chi connectivity index (χ2v) is 4.77. The minimum absolute atomic E-state index is 0. The molecule has 3 rings (SSSR count). The van der Waals surface area contributed by atoms with Crippen molar-refractivity contribution in [3.05, 3.63) is 30.4 Å². The van der Waals surface area contributed by atoms with E-state index in [-0.39, 0.29) is 12.4 Å². The molecule has 0 unspecified atom stereocenters. The van der Waals surface area contributed by atoms with Crippen molar-refractivity contribution < 1.29 is 4.52 Å². The Bertz CT molecular complexity index is 516. The molecular formula is C13H17ClN4O. The van der Waals surface area contributed by atoms with Crippen molar-refractivity contribution in [2.75, 3.05) is 6.54 Å². The third-order valence-corrected chi connectivity index (χ3v) is 3.35. The Kier molecular flexibility index (Phi) is 4.50. The SMILES string of the molecule is C[C@H]1C[C@@H](c2nc(-c3ccncc3)no2)CCN1.Cl. The summed E-state index contributed by atoms with van der Waals surface area (Å²) in [5.74, 6) is 1.79. The van der Waals surface area contributed by atoms with Crippen molar-refractivity contribution >= 4 is 12.4 Å². The summed E-state index contributed by atoms with van der Waals surface area (Å²) in [5.41, 5.74) is 0.946. The zero-order valence-corrected chi connectivity index (χ0v) is 11.6. The van der Waals surface area contributed by atoms with Crippen LogP contribution in [0.15, 0.2) is 29.0 Å². The minimum Gasteiger partial charge on any atom is -0.339 e. The Morgan fingerprint density at radius 2 is 2.11 bits per heavy atom. The van der Waals surface area contributed by atoms with Gasteiger partial charge in [-0.3, -0.25) is 4.98 Å². The summed E-state index contributed by atoms with van der Waals surface area (Å²) in [7, 11) is 0. The van der Waals surface area contributed by atoms with Gasteiger partial charge in [-0.05, 0) is 38.4 Å². The maximum atomic E-state index is 5.40. The summed E-state index contributed by atoms with van der Waals surface area (Å²) < 4.78 is 5.40. The Labute approximate surface area is 118 Å². The highest BCUT2D eigenvalue weighted by Crippen LogP contribution is 2.27. The number of piperidine rings is 1. The number of nitrogens with zero attached hydrogens (tertiary/aromatic N) is 3. The molecule has 2 aromatic heterocycles. The first kappa shape index (κ1) is 14.0. The quantitative estimate of drug-likeness (QED) is 0.915. The second kappa shape index (κ2) is 6.12. The van der Waals surface area contributed by atoms with E-state index in [1.807, 2.05) is 12.1 Å². The van der Waals surface area contributed by atoms with Gasteiger partial charge in [0.15, 0.2) is 0 Å². The van der Waals surface area contributed by atoms with Crippen LogP contribution in [-0.4, -0.2) is 27.7 Å². The molecule has 3 heterocycles. The lowest BCUT2D eigenvalue weighted by molar-refractivity contribution is 0.295. The van der Waals surface area contributed by atoms with Crippen LogP contribution in [-0.2, 0) is 0 Å². The van der Waals surface area contributed by atoms with Crippen LogP contribution in [0.25, 0.3) is 11.4 Å². The van der Waals surface area contributed by atoms with E-state index in [0.717, 1.165) is 30.8 Å². The highest BCUT2D eigenvalue weighted by molar-refractivity contribution is 5.85. The maximum absolute atomic E-state index is 5.40. The lowest BCUT2D eigenvalue weighted by Crippen LogP contribution is -2.34. The monoisotopic (exact) mass is 280 g/mol. The van der Waals surface area contributed by atoms with Crippen molar-refractivity contribution in [2.24, 2.45) is 0 Å². The van der Waals surface area contributed by atoms with Gasteiger partial charge < -0.3 is 9.84 Å². The minimum atomic E-state index is 0. The zero-order chi connectivity index (χ0) is 12.4. The van der Waals surface area contributed by atoms with Gasteiger partial charge in [0, 0.05) is 29.9 Å². The zero-order valence-electron chi connectivity index (χ0n) is 10.7. The van der Waals surface area contributed by atoms with Gasteiger partial charge in [-0.15, -0.1) is 12.4 Å². The molecule has 19 heavy (non-hydrogen) atoms. The van der Waals surface area contributed by atoms with Gasteiger partial charge in [-0.2, -0.15) is 4.98 Å². The van der Waals surface area contributed by atoms with Crippen molar-refractivity contribution in [1.29, 1.82) is 0 Å². The largest absolute Gasteiger partial charge is 0.339 e. The number of hydrogen-bond acceptors (Lipinski definition) is 5. The van der Waals surface area contributed by atoms with Gasteiger partial charge >= 0.3 is 0 Å². The molecule has 1 fully saturated rings. The number of rotatable bonds is 2. The Hall–Kier alpha value is -1.46. The summed E-state index contributed by atoms with van der Waals surface area (Å²) in [6.07, 6.45) is 5.58. The fourth-order valence-electron chi connectivity index (χ4n) is 2.38. The van der Waals surface area contributed by atoms with Crippen LogP contribution in [0.5, 0.6) is 0 Å². The molecule has 0 bridgehead atoms. The molecule has 1 saturated heterocycles. The molecule has 0 saturated carbocycles. The van der Waals surface area contributed by atoms with Gasteiger partial charge in [-0.25, -0.2) is 0 Å². The standard InChI is InChI=1S/C13H16N4O.ClH/c1-9-8-11(4-7-15-9)13-16-12(17-18-13)10-2-5-14-6-3-10;/h2-3,5-6,9,11,15H,4,7-8H2,1H3;1H/t9-,11-;/m0./s1.